The van der Waals surface area contributed by atoms with Crippen molar-refractivity contribution in [1.82, 2.24) is 0 Å². The largest absolute Gasteiger partial charge is 0.469 e. The van der Waals surface area contributed by atoms with E-state index in [9.17, 15) is 4.79 Å². The zero-order valence-electron chi connectivity index (χ0n) is 9.77. The first kappa shape index (κ1) is 12.4. The van der Waals surface area contributed by atoms with Gasteiger partial charge in [0, 0.05) is 20.0 Å². The second-order valence-corrected chi connectivity index (χ2v) is 3.66. The van der Waals surface area contributed by atoms with E-state index in [1.54, 1.807) is 0 Å². The SMILES string of the molecule is COC(=O)CCCN(C)c1ccccc1N. The summed E-state index contributed by atoms with van der Waals surface area (Å²) in [6.07, 6.45) is 1.20. The predicted octanol–water partition coefficient (Wildman–Crippen LogP) is 1.66. The zero-order chi connectivity index (χ0) is 12.0. The molecule has 1 aromatic rings. The number of benzene rings is 1. The normalized spacial score (nSPS) is 9.88. The summed E-state index contributed by atoms with van der Waals surface area (Å²) in [6.45, 7) is 0.781. The lowest BCUT2D eigenvalue weighted by molar-refractivity contribution is -0.140. The summed E-state index contributed by atoms with van der Waals surface area (Å²) in [5, 5.41) is 0. The summed E-state index contributed by atoms with van der Waals surface area (Å²) < 4.78 is 4.58. The van der Waals surface area contributed by atoms with E-state index in [0.717, 1.165) is 24.3 Å². The second kappa shape index (κ2) is 6.00. The fourth-order valence-corrected chi connectivity index (χ4v) is 1.52. The molecule has 0 amide bonds. The van der Waals surface area contributed by atoms with Gasteiger partial charge in [-0.15, -0.1) is 0 Å². The predicted molar refractivity (Wildman–Crippen MR) is 65.4 cm³/mol. The molecule has 4 nitrogen and oxygen atoms in total. The summed E-state index contributed by atoms with van der Waals surface area (Å²) >= 11 is 0. The van der Waals surface area contributed by atoms with Gasteiger partial charge in [-0.3, -0.25) is 4.79 Å². The molecule has 0 atom stereocenters. The van der Waals surface area contributed by atoms with Crippen LogP contribution in [0.4, 0.5) is 11.4 Å². The van der Waals surface area contributed by atoms with Crippen LogP contribution in [0.25, 0.3) is 0 Å². The Labute approximate surface area is 96.0 Å². The van der Waals surface area contributed by atoms with Crippen LogP contribution in [0, 0.1) is 0 Å². The minimum absolute atomic E-state index is 0.172. The number of nitrogens with zero attached hydrogens (tertiary/aromatic N) is 1. The van der Waals surface area contributed by atoms with Crippen molar-refractivity contribution < 1.29 is 9.53 Å². The molecule has 4 heteroatoms. The molecule has 0 unspecified atom stereocenters. The first-order valence-electron chi connectivity index (χ1n) is 5.27. The number of carbonyl (C=O) groups is 1. The number of esters is 1. The Kier molecular flexibility index (Phi) is 4.64. The van der Waals surface area contributed by atoms with Gasteiger partial charge in [-0.2, -0.15) is 0 Å². The van der Waals surface area contributed by atoms with Crippen LogP contribution >= 0.6 is 0 Å². The molecule has 16 heavy (non-hydrogen) atoms. The lowest BCUT2D eigenvalue weighted by Gasteiger charge is -2.20. The standard InChI is InChI=1S/C12H18N2O2/c1-14(9-5-8-12(15)16-2)11-7-4-3-6-10(11)13/h3-4,6-7H,5,8-9,13H2,1-2H3. The maximum atomic E-state index is 10.9. The number of anilines is 2. The molecule has 0 fully saturated rings. The molecule has 0 heterocycles. The van der Waals surface area contributed by atoms with Crippen LogP contribution < -0.4 is 10.6 Å². The lowest BCUT2D eigenvalue weighted by atomic mass is 10.2. The van der Waals surface area contributed by atoms with Gasteiger partial charge in [0.15, 0.2) is 0 Å². The molecule has 0 aromatic heterocycles. The highest BCUT2D eigenvalue weighted by molar-refractivity contribution is 5.69. The molecule has 0 saturated heterocycles. The molecule has 2 N–H and O–H groups in total. The number of nitrogens with two attached hydrogens (primary N) is 1. The van der Waals surface area contributed by atoms with Crippen LogP contribution in [0.15, 0.2) is 24.3 Å². The molecule has 1 rings (SSSR count). The van der Waals surface area contributed by atoms with Crippen LogP contribution in [0.5, 0.6) is 0 Å². The summed E-state index contributed by atoms with van der Waals surface area (Å²) in [4.78, 5) is 13.0. The molecule has 0 bridgehead atoms. The monoisotopic (exact) mass is 222 g/mol. The van der Waals surface area contributed by atoms with E-state index in [1.165, 1.54) is 7.11 Å². The molecule has 0 aliphatic rings. The molecule has 0 saturated carbocycles. The van der Waals surface area contributed by atoms with Crippen molar-refractivity contribution in [2.75, 3.05) is 31.3 Å². The fourth-order valence-electron chi connectivity index (χ4n) is 1.52. The van der Waals surface area contributed by atoms with Gasteiger partial charge < -0.3 is 15.4 Å². The molecule has 88 valence electrons. The zero-order valence-corrected chi connectivity index (χ0v) is 9.77. The third-order valence-corrected chi connectivity index (χ3v) is 2.45. The number of methoxy groups -OCH3 is 1. The lowest BCUT2D eigenvalue weighted by Crippen LogP contribution is -2.20. The average Bonchev–Trinajstić information content (AvgIpc) is 2.29. The summed E-state index contributed by atoms with van der Waals surface area (Å²) in [5.74, 6) is -0.172. The van der Waals surface area contributed by atoms with E-state index in [0.29, 0.717) is 6.42 Å². The van der Waals surface area contributed by atoms with Gasteiger partial charge in [0.2, 0.25) is 0 Å². The Morgan fingerprint density at radius 3 is 2.75 bits per heavy atom. The number of ether oxygens (including phenoxy) is 1. The number of carbonyl (C=O) groups excluding carboxylic acids is 1. The van der Waals surface area contributed by atoms with E-state index in [1.807, 2.05) is 36.2 Å². The van der Waals surface area contributed by atoms with Crippen molar-refractivity contribution in [2.45, 2.75) is 12.8 Å². The van der Waals surface area contributed by atoms with Crippen LogP contribution in [-0.4, -0.2) is 26.7 Å². The van der Waals surface area contributed by atoms with Crippen molar-refractivity contribution in [3.8, 4) is 0 Å². The van der Waals surface area contributed by atoms with Crippen LogP contribution in [0.2, 0.25) is 0 Å². The number of nitrogen functional groups attached to an aromatic ring is 1. The van der Waals surface area contributed by atoms with E-state index in [4.69, 9.17) is 5.73 Å². The fraction of sp³-hybridized carbons (Fsp3) is 0.417. The third-order valence-electron chi connectivity index (χ3n) is 2.45. The van der Waals surface area contributed by atoms with E-state index >= 15 is 0 Å². The molecule has 0 spiro atoms. The Balaban J connectivity index is 2.44. The van der Waals surface area contributed by atoms with Gasteiger partial charge in [0.05, 0.1) is 18.5 Å². The Bertz CT molecular complexity index is 353. The minimum Gasteiger partial charge on any atom is -0.469 e. The Hall–Kier alpha value is -1.71. The van der Waals surface area contributed by atoms with Crippen molar-refractivity contribution in [3.63, 3.8) is 0 Å². The van der Waals surface area contributed by atoms with Crippen LogP contribution in [-0.2, 0) is 9.53 Å². The molecule has 0 aliphatic carbocycles. The highest BCUT2D eigenvalue weighted by atomic mass is 16.5. The number of hydrogen-bond donors (Lipinski definition) is 1. The maximum absolute atomic E-state index is 10.9. The van der Waals surface area contributed by atoms with Crippen molar-refractivity contribution in [1.29, 1.82) is 0 Å². The first-order valence-corrected chi connectivity index (χ1v) is 5.27. The maximum Gasteiger partial charge on any atom is 0.305 e. The van der Waals surface area contributed by atoms with Crippen molar-refractivity contribution in [2.24, 2.45) is 0 Å². The van der Waals surface area contributed by atoms with Crippen molar-refractivity contribution >= 4 is 17.3 Å². The molecule has 0 aliphatic heterocycles. The minimum atomic E-state index is -0.172. The highest BCUT2D eigenvalue weighted by Gasteiger charge is 2.05. The van der Waals surface area contributed by atoms with Crippen LogP contribution in [0.3, 0.4) is 0 Å². The van der Waals surface area contributed by atoms with E-state index in [2.05, 4.69) is 4.74 Å². The van der Waals surface area contributed by atoms with Crippen LogP contribution in [0.1, 0.15) is 12.8 Å². The number of rotatable bonds is 5. The van der Waals surface area contributed by atoms with Gasteiger partial charge >= 0.3 is 5.97 Å². The Morgan fingerprint density at radius 2 is 2.12 bits per heavy atom. The molecular formula is C12H18N2O2. The quantitative estimate of drug-likeness (QED) is 0.608. The molecular weight excluding hydrogens is 204 g/mol. The van der Waals surface area contributed by atoms with Crippen molar-refractivity contribution in [3.05, 3.63) is 24.3 Å². The van der Waals surface area contributed by atoms with Gasteiger partial charge in [0.1, 0.15) is 0 Å². The second-order valence-electron chi connectivity index (χ2n) is 3.66. The third kappa shape index (κ3) is 3.46. The topological polar surface area (TPSA) is 55.6 Å². The first-order chi connectivity index (χ1) is 7.65. The summed E-state index contributed by atoms with van der Waals surface area (Å²) in [6, 6.07) is 7.68. The summed E-state index contributed by atoms with van der Waals surface area (Å²) in [7, 11) is 3.37. The van der Waals surface area contributed by atoms with E-state index < -0.39 is 0 Å². The Morgan fingerprint density at radius 1 is 1.44 bits per heavy atom. The average molecular weight is 222 g/mol. The molecule has 0 radical (unpaired) electrons. The van der Waals surface area contributed by atoms with Gasteiger partial charge in [0.25, 0.3) is 0 Å². The van der Waals surface area contributed by atoms with E-state index in [-0.39, 0.29) is 5.97 Å². The highest BCUT2D eigenvalue weighted by Crippen LogP contribution is 2.21. The van der Waals surface area contributed by atoms with Gasteiger partial charge in [-0.1, -0.05) is 12.1 Å². The number of hydrogen-bond acceptors (Lipinski definition) is 4. The smallest absolute Gasteiger partial charge is 0.305 e. The van der Waals surface area contributed by atoms with Gasteiger partial charge in [-0.05, 0) is 18.6 Å². The number of para-hydroxylation sites is 2. The van der Waals surface area contributed by atoms with Gasteiger partial charge in [-0.25, -0.2) is 0 Å². The summed E-state index contributed by atoms with van der Waals surface area (Å²) in [5.41, 5.74) is 7.59. The molecule has 1 aromatic carbocycles.